The van der Waals surface area contributed by atoms with Gasteiger partial charge >= 0.3 is 6.18 Å². The average Bonchev–Trinajstić information content (AvgIpc) is 2.72. The van der Waals surface area contributed by atoms with Gasteiger partial charge in [-0.15, -0.1) is 0 Å². The van der Waals surface area contributed by atoms with E-state index in [0.29, 0.717) is 36.9 Å². The minimum Gasteiger partial charge on any atom is -0.364 e. The Morgan fingerprint density at radius 2 is 1.88 bits per heavy atom. The maximum Gasteiger partial charge on any atom is 0.389 e. The van der Waals surface area contributed by atoms with E-state index in [-0.39, 0.29) is 42.2 Å². The molecule has 0 radical (unpaired) electrons. The highest BCUT2D eigenvalue weighted by Crippen LogP contribution is 2.51. The van der Waals surface area contributed by atoms with Crippen LogP contribution >= 0.6 is 0 Å². The fourth-order valence-corrected chi connectivity index (χ4v) is 5.81. The molecule has 0 aliphatic heterocycles. The quantitative estimate of drug-likeness (QED) is 0.593. The summed E-state index contributed by atoms with van der Waals surface area (Å²) in [5, 5.41) is 0.0326. The molecule has 0 saturated heterocycles. The van der Waals surface area contributed by atoms with Gasteiger partial charge in [-0.3, -0.25) is 14.6 Å². The van der Waals surface area contributed by atoms with Crippen molar-refractivity contribution in [1.29, 1.82) is 0 Å². The Hall–Kier alpha value is -2.52. The van der Waals surface area contributed by atoms with Gasteiger partial charge in [0.05, 0.1) is 10.9 Å². The van der Waals surface area contributed by atoms with Crippen LogP contribution in [-0.4, -0.2) is 28.0 Å². The van der Waals surface area contributed by atoms with Gasteiger partial charge in [-0.25, -0.2) is 8.78 Å². The molecule has 2 heterocycles. The van der Waals surface area contributed by atoms with Crippen molar-refractivity contribution in [2.75, 3.05) is 0 Å². The van der Waals surface area contributed by atoms with Crippen molar-refractivity contribution in [3.8, 4) is 0 Å². The molecule has 1 amide bonds. The van der Waals surface area contributed by atoms with Crippen molar-refractivity contribution in [2.45, 2.75) is 69.4 Å². The van der Waals surface area contributed by atoms with Crippen LogP contribution in [0, 0.1) is 17.8 Å². The monoisotopic (exact) mass is 471 g/mol. The molecule has 2 aromatic rings. The first-order valence-electron chi connectivity index (χ1n) is 11.2. The van der Waals surface area contributed by atoms with Crippen LogP contribution in [0.25, 0.3) is 10.9 Å². The number of aromatic amines is 1. The van der Waals surface area contributed by atoms with E-state index in [9.17, 15) is 31.5 Å². The lowest BCUT2D eigenvalue weighted by molar-refractivity contribution is -0.148. The summed E-state index contributed by atoms with van der Waals surface area (Å²) in [5.41, 5.74) is 5.46. The van der Waals surface area contributed by atoms with Crippen molar-refractivity contribution in [3.05, 3.63) is 39.9 Å². The van der Waals surface area contributed by atoms with Crippen LogP contribution in [0.4, 0.5) is 22.0 Å². The van der Waals surface area contributed by atoms with Gasteiger partial charge in [0.25, 0.3) is 5.91 Å². The van der Waals surface area contributed by atoms with Crippen LogP contribution in [-0.2, 0) is 0 Å². The van der Waals surface area contributed by atoms with E-state index in [1.54, 1.807) is 0 Å². The third-order valence-corrected chi connectivity index (χ3v) is 7.30. The van der Waals surface area contributed by atoms with Crippen molar-refractivity contribution < 1.29 is 26.7 Å². The maximum atomic E-state index is 13.7. The fraction of sp³-hybridized carbons (Fsp3) is 0.609. The molecule has 0 aromatic carbocycles. The van der Waals surface area contributed by atoms with Gasteiger partial charge in [-0.1, -0.05) is 0 Å². The first-order chi connectivity index (χ1) is 15.4. The standard InChI is InChI=1S/C23H26F5N3O2/c24-22(25)6-3-13(4-7-22)14-2-1-12(11-23(26,27)28)9-15(14)17-10-18(32)19-16(31-17)5-8-30-20(19)21(29)33/h5,8,10,12-15H,1-4,6-7,9,11H2,(H2,29,33)(H,31,32). The molecule has 0 spiro atoms. The summed E-state index contributed by atoms with van der Waals surface area (Å²) in [5.74, 6) is -4.70. The number of aromatic nitrogens is 2. The molecule has 2 saturated carbocycles. The molecule has 0 bridgehead atoms. The second-order valence-corrected chi connectivity index (χ2v) is 9.50. The Kier molecular flexibility index (Phi) is 6.22. The predicted octanol–water partition coefficient (Wildman–Crippen LogP) is 5.30. The summed E-state index contributed by atoms with van der Waals surface area (Å²) >= 11 is 0. The molecular weight excluding hydrogens is 445 g/mol. The third kappa shape index (κ3) is 5.19. The normalized spacial score (nSPS) is 26.4. The van der Waals surface area contributed by atoms with Gasteiger partial charge < -0.3 is 10.7 Å². The molecular formula is C23H26F5N3O2. The summed E-state index contributed by atoms with van der Waals surface area (Å²) < 4.78 is 66.8. The molecule has 2 aliphatic rings. The lowest BCUT2D eigenvalue weighted by Gasteiger charge is -2.43. The number of primary amides is 1. The highest BCUT2D eigenvalue weighted by Gasteiger charge is 2.44. The highest BCUT2D eigenvalue weighted by atomic mass is 19.4. The van der Waals surface area contributed by atoms with E-state index in [2.05, 4.69) is 9.97 Å². The molecule has 2 aromatic heterocycles. The SMILES string of the molecule is NC(=O)c1nccc2[nH]c(C3CC(CC(F)(F)F)CCC3C3CCC(F)(F)CC3)cc(=O)c12. The topological polar surface area (TPSA) is 88.8 Å². The Morgan fingerprint density at radius 1 is 1.18 bits per heavy atom. The van der Waals surface area contributed by atoms with E-state index in [1.807, 2.05) is 0 Å². The smallest absolute Gasteiger partial charge is 0.364 e. The number of H-pyrrole nitrogens is 1. The zero-order chi connectivity index (χ0) is 24.0. The molecule has 5 nitrogen and oxygen atoms in total. The number of nitrogens with one attached hydrogen (secondary N) is 1. The highest BCUT2D eigenvalue weighted by molar-refractivity contribution is 6.03. The minimum atomic E-state index is -4.30. The predicted molar refractivity (Wildman–Crippen MR) is 112 cm³/mol. The Labute approximate surface area is 187 Å². The number of carbonyl (C=O) groups excluding carboxylic acids is 1. The number of hydrogen-bond acceptors (Lipinski definition) is 3. The van der Waals surface area contributed by atoms with Crippen LogP contribution in [0.2, 0.25) is 0 Å². The van der Waals surface area contributed by atoms with Crippen LogP contribution in [0.15, 0.2) is 23.1 Å². The summed E-state index contributed by atoms with van der Waals surface area (Å²) in [7, 11) is 0. The number of carbonyl (C=O) groups is 1. The first kappa shape index (κ1) is 23.6. The zero-order valence-corrected chi connectivity index (χ0v) is 17.9. The van der Waals surface area contributed by atoms with Crippen molar-refractivity contribution >= 4 is 16.8 Å². The molecule has 4 rings (SSSR count). The van der Waals surface area contributed by atoms with E-state index < -0.39 is 41.7 Å². The van der Waals surface area contributed by atoms with Gasteiger partial charge in [-0.05, 0) is 55.9 Å². The van der Waals surface area contributed by atoms with Crippen LogP contribution in [0.3, 0.4) is 0 Å². The molecule has 3 unspecified atom stereocenters. The Morgan fingerprint density at radius 3 is 2.52 bits per heavy atom. The minimum absolute atomic E-state index is 0.0326. The second-order valence-electron chi connectivity index (χ2n) is 9.50. The van der Waals surface area contributed by atoms with Crippen LogP contribution in [0.5, 0.6) is 0 Å². The number of pyridine rings is 2. The van der Waals surface area contributed by atoms with Crippen LogP contribution in [0.1, 0.15) is 73.5 Å². The molecule has 10 heteroatoms. The number of nitrogens with zero attached hydrogens (tertiary/aromatic N) is 1. The average molecular weight is 471 g/mol. The summed E-state index contributed by atoms with van der Waals surface area (Å²) in [6, 6.07) is 2.82. The number of amides is 1. The van der Waals surface area contributed by atoms with E-state index >= 15 is 0 Å². The molecule has 2 fully saturated rings. The first-order valence-corrected chi connectivity index (χ1v) is 11.2. The maximum absolute atomic E-state index is 13.7. The number of fused-ring (bicyclic) bond motifs is 1. The van der Waals surface area contributed by atoms with Crippen molar-refractivity contribution in [2.24, 2.45) is 23.5 Å². The fourth-order valence-electron chi connectivity index (χ4n) is 5.81. The summed E-state index contributed by atoms with van der Waals surface area (Å²) in [6.45, 7) is 0. The van der Waals surface area contributed by atoms with Gasteiger partial charge in [0, 0.05) is 43.1 Å². The summed E-state index contributed by atoms with van der Waals surface area (Å²) in [4.78, 5) is 31.6. The van der Waals surface area contributed by atoms with Gasteiger partial charge in [-0.2, -0.15) is 13.2 Å². The van der Waals surface area contributed by atoms with E-state index in [1.165, 1.54) is 18.3 Å². The molecule has 3 atom stereocenters. The number of alkyl halides is 5. The third-order valence-electron chi connectivity index (χ3n) is 7.30. The van der Waals surface area contributed by atoms with Gasteiger partial charge in [0.15, 0.2) is 5.43 Å². The number of nitrogens with two attached hydrogens (primary N) is 1. The Balaban J connectivity index is 1.71. The van der Waals surface area contributed by atoms with Gasteiger partial charge in [0.1, 0.15) is 5.69 Å². The molecule has 33 heavy (non-hydrogen) atoms. The molecule has 180 valence electrons. The largest absolute Gasteiger partial charge is 0.389 e. The van der Waals surface area contributed by atoms with Gasteiger partial charge in [0.2, 0.25) is 5.92 Å². The molecule has 2 aliphatic carbocycles. The number of hydrogen-bond donors (Lipinski definition) is 2. The number of rotatable bonds is 4. The molecule has 3 N–H and O–H groups in total. The summed E-state index contributed by atoms with van der Waals surface area (Å²) in [6.07, 6.45) is -2.63. The van der Waals surface area contributed by atoms with Crippen molar-refractivity contribution in [3.63, 3.8) is 0 Å². The van der Waals surface area contributed by atoms with E-state index in [0.717, 1.165) is 0 Å². The van der Waals surface area contributed by atoms with Crippen LogP contribution < -0.4 is 11.2 Å². The lowest BCUT2D eigenvalue weighted by atomic mass is 9.63. The Bertz CT molecular complexity index is 1090. The number of halogens is 5. The second kappa shape index (κ2) is 8.68. The zero-order valence-electron chi connectivity index (χ0n) is 17.9. The lowest BCUT2D eigenvalue weighted by Crippen LogP contribution is -2.35. The van der Waals surface area contributed by atoms with E-state index in [4.69, 9.17) is 5.73 Å². The van der Waals surface area contributed by atoms with Crippen molar-refractivity contribution in [1.82, 2.24) is 9.97 Å².